The molecule has 0 spiro atoms. The van der Waals surface area contributed by atoms with Crippen LogP contribution in [0.15, 0.2) is 25.3 Å². The van der Waals surface area contributed by atoms with Crippen LogP contribution >= 0.6 is 0 Å². The van der Waals surface area contributed by atoms with Gasteiger partial charge < -0.3 is 34.6 Å². The molecule has 1 rings (SSSR count). The number of methoxy groups -OCH3 is 1. The van der Waals surface area contributed by atoms with E-state index in [-0.39, 0.29) is 35.0 Å². The Morgan fingerprint density at radius 3 is 2.09 bits per heavy atom. The molecule has 1 saturated heterocycles. The van der Waals surface area contributed by atoms with Crippen LogP contribution in [0.4, 0.5) is 0 Å². The monoisotopic (exact) mass is 332 g/mol. The van der Waals surface area contributed by atoms with E-state index in [4.69, 9.17) is 24.4 Å². The van der Waals surface area contributed by atoms with Crippen LogP contribution in [0, 0.1) is 0 Å². The Kier molecular flexibility index (Phi) is 35.8. The summed E-state index contributed by atoms with van der Waals surface area (Å²) in [6.07, 6.45) is 3.24. The summed E-state index contributed by atoms with van der Waals surface area (Å²) in [6, 6.07) is 0. The van der Waals surface area contributed by atoms with E-state index in [9.17, 15) is 0 Å². The zero-order valence-corrected chi connectivity index (χ0v) is 15.9. The van der Waals surface area contributed by atoms with Crippen LogP contribution in [-0.2, 0) is 18.9 Å². The quantitative estimate of drug-likeness (QED) is 0.193. The van der Waals surface area contributed by atoms with E-state index in [1.165, 1.54) is 7.11 Å². The molecule has 1 aliphatic heterocycles. The Bertz CT molecular complexity index is 213. The zero-order valence-electron chi connectivity index (χ0n) is 13.9. The topological polar surface area (TPSA) is 111 Å². The summed E-state index contributed by atoms with van der Waals surface area (Å²) in [7, 11) is 2.54. The maximum atomic E-state index is 8.99. The maximum Gasteiger partial charge on any atom is 1.00 e. The number of hydrogen-bond acceptors (Lipinski definition) is 7. The van der Waals surface area contributed by atoms with Gasteiger partial charge in [-0.25, -0.2) is 0 Å². The first-order valence-electron chi connectivity index (χ1n) is 6.35. The Morgan fingerprint density at radius 1 is 1.18 bits per heavy atom. The van der Waals surface area contributed by atoms with Gasteiger partial charge in [0.05, 0.1) is 39.6 Å². The molecule has 0 bridgehead atoms. The molecule has 128 valence electrons. The molecule has 1 fully saturated rings. The van der Waals surface area contributed by atoms with Gasteiger partial charge in [0.2, 0.25) is 0 Å². The Balaban J connectivity index is -0.000000123. The van der Waals surface area contributed by atoms with Crippen molar-refractivity contribution in [1.82, 2.24) is 0 Å². The third kappa shape index (κ3) is 28.4. The summed E-state index contributed by atoms with van der Waals surface area (Å²) in [5, 5.41) is 16.0. The van der Waals surface area contributed by atoms with Gasteiger partial charge in [0.1, 0.15) is 12.2 Å². The van der Waals surface area contributed by atoms with E-state index in [1.54, 1.807) is 12.2 Å². The molecule has 0 aromatic rings. The first-order chi connectivity index (χ1) is 9.74. The van der Waals surface area contributed by atoms with Crippen molar-refractivity contribution in [3.63, 3.8) is 0 Å². The van der Waals surface area contributed by atoms with Crippen molar-refractivity contribution in [3.05, 3.63) is 25.3 Å². The molecular weight excluding hydrogens is 303 g/mol. The van der Waals surface area contributed by atoms with Crippen molar-refractivity contribution in [2.24, 2.45) is 0 Å². The maximum absolute atomic E-state index is 8.99. The van der Waals surface area contributed by atoms with Gasteiger partial charge in [0.15, 0.2) is 0 Å². The molecule has 0 amide bonds. The van der Waals surface area contributed by atoms with E-state index in [2.05, 4.69) is 17.9 Å². The van der Waals surface area contributed by atoms with E-state index in [1.807, 2.05) is 0 Å². The Morgan fingerprint density at radius 2 is 1.68 bits per heavy atom. The van der Waals surface area contributed by atoms with Crippen LogP contribution in [0.25, 0.3) is 0 Å². The van der Waals surface area contributed by atoms with Gasteiger partial charge in [-0.1, -0.05) is 12.2 Å². The molecule has 1 heterocycles. The molecule has 0 aliphatic carbocycles. The first-order valence-corrected chi connectivity index (χ1v) is 6.35. The SMILES string of the molecule is C=CCOCC(O)COC.C=CCOCC1CO1.CO.[Na+].[OH-]. The van der Waals surface area contributed by atoms with Gasteiger partial charge in [-0.15, -0.1) is 13.2 Å². The van der Waals surface area contributed by atoms with Gasteiger partial charge in [-0.3, -0.25) is 0 Å². The second kappa shape index (κ2) is 26.1. The van der Waals surface area contributed by atoms with Crippen molar-refractivity contribution >= 4 is 0 Å². The predicted molar refractivity (Wildman–Crippen MR) is 79.7 cm³/mol. The fourth-order valence-electron chi connectivity index (χ4n) is 0.975. The molecular formula is C14H29NaO7. The third-order valence-corrected chi connectivity index (χ3v) is 1.85. The second-order valence-electron chi connectivity index (χ2n) is 3.72. The van der Waals surface area contributed by atoms with Crippen LogP contribution in [0.1, 0.15) is 0 Å². The molecule has 2 atom stereocenters. The summed E-state index contributed by atoms with van der Waals surface area (Å²) in [4.78, 5) is 0. The Hall–Kier alpha value is 0.200. The largest absolute Gasteiger partial charge is 1.00 e. The van der Waals surface area contributed by atoms with E-state index < -0.39 is 6.10 Å². The third-order valence-electron chi connectivity index (χ3n) is 1.85. The number of rotatable bonds is 10. The fraction of sp³-hybridized carbons (Fsp3) is 0.714. The van der Waals surface area contributed by atoms with Gasteiger partial charge in [-0.05, 0) is 0 Å². The molecule has 7 nitrogen and oxygen atoms in total. The Labute approximate surface area is 155 Å². The molecule has 0 radical (unpaired) electrons. The van der Waals surface area contributed by atoms with Crippen molar-refractivity contribution in [2.75, 3.05) is 53.9 Å². The number of aliphatic hydroxyl groups excluding tert-OH is 2. The average Bonchev–Trinajstić information content (AvgIpc) is 3.27. The van der Waals surface area contributed by atoms with E-state index >= 15 is 0 Å². The smallest absolute Gasteiger partial charge is 0.870 e. The van der Waals surface area contributed by atoms with Crippen molar-refractivity contribution < 1.29 is 64.2 Å². The minimum Gasteiger partial charge on any atom is -0.870 e. The molecule has 0 aromatic carbocycles. The van der Waals surface area contributed by atoms with Crippen LogP contribution < -0.4 is 29.6 Å². The van der Waals surface area contributed by atoms with Gasteiger partial charge in [0, 0.05) is 14.2 Å². The molecule has 3 N–H and O–H groups in total. The van der Waals surface area contributed by atoms with Crippen LogP contribution in [0.5, 0.6) is 0 Å². The second-order valence-corrected chi connectivity index (χ2v) is 3.72. The molecule has 1 aliphatic rings. The normalized spacial score (nSPS) is 15.4. The minimum absolute atomic E-state index is 0. The fourth-order valence-corrected chi connectivity index (χ4v) is 0.975. The summed E-state index contributed by atoms with van der Waals surface area (Å²) in [5.74, 6) is 0. The number of ether oxygens (including phenoxy) is 4. The van der Waals surface area contributed by atoms with Gasteiger partial charge in [0.25, 0.3) is 0 Å². The van der Waals surface area contributed by atoms with Crippen LogP contribution in [-0.4, -0.2) is 81.8 Å². The number of epoxide rings is 1. The van der Waals surface area contributed by atoms with Crippen LogP contribution in [0.2, 0.25) is 0 Å². The standard InChI is InChI=1S/C7H14O3.C6H10O2.CH4O.Na.H2O/c1-3-4-10-6-7(8)5-9-2;1-2-3-7-4-6-5-8-6;1-2;;/h3,7-8H,1,4-6H2,2H3;2,6H,1,3-5H2;2H,1H3;;1H2/q;;;+1;/p-1. The molecule has 0 saturated carbocycles. The van der Waals surface area contributed by atoms with E-state index in [0.29, 0.717) is 32.5 Å². The van der Waals surface area contributed by atoms with E-state index in [0.717, 1.165) is 20.3 Å². The zero-order chi connectivity index (χ0) is 15.6. The van der Waals surface area contributed by atoms with Crippen LogP contribution in [0.3, 0.4) is 0 Å². The molecule has 22 heavy (non-hydrogen) atoms. The predicted octanol–water partition coefficient (Wildman–Crippen LogP) is -2.78. The summed E-state index contributed by atoms with van der Waals surface area (Å²) < 4.78 is 19.6. The summed E-state index contributed by atoms with van der Waals surface area (Å²) >= 11 is 0. The molecule has 8 heteroatoms. The molecule has 2 unspecified atom stereocenters. The average molecular weight is 332 g/mol. The van der Waals surface area contributed by atoms with Crippen molar-refractivity contribution in [3.8, 4) is 0 Å². The number of hydrogen-bond donors (Lipinski definition) is 2. The van der Waals surface area contributed by atoms with Gasteiger partial charge in [-0.2, -0.15) is 0 Å². The first kappa shape index (κ1) is 30.1. The number of aliphatic hydroxyl groups is 2. The minimum atomic E-state index is -0.523. The van der Waals surface area contributed by atoms with Crippen molar-refractivity contribution in [1.29, 1.82) is 0 Å². The van der Waals surface area contributed by atoms with Gasteiger partial charge >= 0.3 is 29.6 Å². The van der Waals surface area contributed by atoms with Crippen molar-refractivity contribution in [2.45, 2.75) is 12.2 Å². The summed E-state index contributed by atoms with van der Waals surface area (Å²) in [6.45, 7) is 10.3. The molecule has 0 aromatic heterocycles. The summed E-state index contributed by atoms with van der Waals surface area (Å²) in [5.41, 5.74) is 0.